The molecule has 0 saturated heterocycles. The molecule has 0 bridgehead atoms. The van der Waals surface area contributed by atoms with Crippen LogP contribution in [-0.4, -0.2) is 37.2 Å². The van der Waals surface area contributed by atoms with E-state index < -0.39 is 6.10 Å². The summed E-state index contributed by atoms with van der Waals surface area (Å²) in [5, 5.41) is 0. The van der Waals surface area contributed by atoms with Gasteiger partial charge in [0.05, 0.1) is 0 Å². The van der Waals surface area contributed by atoms with E-state index in [0.29, 0.717) is 19.3 Å². The number of carbonyl (C=O) groups is 3. The van der Waals surface area contributed by atoms with Gasteiger partial charge in [-0.2, -0.15) is 0 Å². The molecule has 0 aromatic rings. The molecule has 0 aliphatic carbocycles. The standard InChI is InChI=1S/C66H110O6/c1-4-7-10-13-16-19-22-25-27-28-29-30-31-32-33-34-35-36-37-38-39-42-44-47-50-53-56-59-65(68)71-62-63(61-70-64(67)58-55-52-49-46-43-40-24-21-18-15-12-9-6-3)72-66(69)60-57-54-51-48-45-41-26-23-20-17-14-11-8-5-2/h7,10,16,19,21,23-27,29-30,32-33,35-36,38-39,63H,4-6,8-9,11-15,17-18,20,22,28,31,34,37,40-62H2,1-3H3/b10-7-,19-16-,24-21-,26-23-,27-25-,30-29-,33-32-,36-35-,39-38-. The van der Waals surface area contributed by atoms with Gasteiger partial charge in [0, 0.05) is 19.3 Å². The number of rotatable bonds is 53. The minimum Gasteiger partial charge on any atom is -0.462 e. The van der Waals surface area contributed by atoms with Crippen LogP contribution in [0.25, 0.3) is 0 Å². The summed E-state index contributed by atoms with van der Waals surface area (Å²) < 4.78 is 16.8. The second-order valence-electron chi connectivity index (χ2n) is 19.5. The molecule has 72 heavy (non-hydrogen) atoms. The number of carbonyl (C=O) groups excluding carboxylic acids is 3. The van der Waals surface area contributed by atoms with Gasteiger partial charge in [-0.3, -0.25) is 14.4 Å². The molecule has 410 valence electrons. The lowest BCUT2D eigenvalue weighted by Gasteiger charge is -2.18. The molecule has 0 fully saturated rings. The molecule has 1 unspecified atom stereocenters. The maximum atomic E-state index is 12.8. The van der Waals surface area contributed by atoms with Crippen LogP contribution >= 0.6 is 0 Å². The van der Waals surface area contributed by atoms with Gasteiger partial charge in [0.2, 0.25) is 0 Å². The van der Waals surface area contributed by atoms with Crippen LogP contribution in [0.2, 0.25) is 0 Å². The lowest BCUT2D eigenvalue weighted by Crippen LogP contribution is -2.30. The van der Waals surface area contributed by atoms with E-state index in [1.807, 2.05) is 0 Å². The van der Waals surface area contributed by atoms with E-state index in [2.05, 4.69) is 130 Å². The molecule has 0 rings (SSSR count). The lowest BCUT2D eigenvalue weighted by molar-refractivity contribution is -0.167. The van der Waals surface area contributed by atoms with Gasteiger partial charge in [0.1, 0.15) is 13.2 Å². The molecule has 0 aliphatic heterocycles. The predicted molar refractivity (Wildman–Crippen MR) is 311 cm³/mol. The highest BCUT2D eigenvalue weighted by atomic mass is 16.6. The van der Waals surface area contributed by atoms with E-state index in [1.54, 1.807) is 0 Å². The molecule has 0 aromatic carbocycles. The highest BCUT2D eigenvalue weighted by Gasteiger charge is 2.19. The van der Waals surface area contributed by atoms with Crippen molar-refractivity contribution in [2.24, 2.45) is 0 Å². The summed E-state index contributed by atoms with van der Waals surface area (Å²) in [4.78, 5) is 38.2. The first-order valence-electron chi connectivity index (χ1n) is 29.9. The van der Waals surface area contributed by atoms with Crippen molar-refractivity contribution in [1.82, 2.24) is 0 Å². The first-order valence-corrected chi connectivity index (χ1v) is 29.9. The normalized spacial score (nSPS) is 12.9. The van der Waals surface area contributed by atoms with Crippen molar-refractivity contribution >= 4 is 17.9 Å². The zero-order chi connectivity index (χ0) is 52.2. The minimum atomic E-state index is -0.795. The van der Waals surface area contributed by atoms with Crippen molar-refractivity contribution in [3.63, 3.8) is 0 Å². The van der Waals surface area contributed by atoms with Crippen LogP contribution in [0.4, 0.5) is 0 Å². The van der Waals surface area contributed by atoms with Gasteiger partial charge in [0.25, 0.3) is 0 Å². The molecule has 6 nitrogen and oxygen atoms in total. The summed E-state index contributed by atoms with van der Waals surface area (Å²) in [6.45, 7) is 6.47. The van der Waals surface area contributed by atoms with Gasteiger partial charge in [0.15, 0.2) is 6.10 Å². The van der Waals surface area contributed by atoms with Crippen LogP contribution < -0.4 is 0 Å². The second kappa shape index (κ2) is 59.6. The summed E-state index contributed by atoms with van der Waals surface area (Å²) in [5.41, 5.74) is 0. The third kappa shape index (κ3) is 57.0. The molecular weight excluding hydrogens is 889 g/mol. The fourth-order valence-corrected chi connectivity index (χ4v) is 8.00. The fraction of sp³-hybridized carbons (Fsp3) is 0.682. The van der Waals surface area contributed by atoms with Crippen LogP contribution in [0.5, 0.6) is 0 Å². The van der Waals surface area contributed by atoms with E-state index in [-0.39, 0.29) is 31.1 Å². The van der Waals surface area contributed by atoms with Gasteiger partial charge in [-0.25, -0.2) is 0 Å². The monoisotopic (exact) mass is 999 g/mol. The highest BCUT2D eigenvalue weighted by Crippen LogP contribution is 2.14. The van der Waals surface area contributed by atoms with Crippen LogP contribution in [0.15, 0.2) is 109 Å². The summed E-state index contributed by atoms with van der Waals surface area (Å²) in [7, 11) is 0. The Hall–Kier alpha value is -3.93. The van der Waals surface area contributed by atoms with Crippen molar-refractivity contribution in [2.45, 2.75) is 277 Å². The van der Waals surface area contributed by atoms with Crippen LogP contribution in [0.1, 0.15) is 271 Å². The van der Waals surface area contributed by atoms with Crippen LogP contribution in [0, 0.1) is 0 Å². The number of allylic oxidation sites excluding steroid dienone is 18. The number of esters is 3. The van der Waals surface area contributed by atoms with Gasteiger partial charge < -0.3 is 14.2 Å². The maximum Gasteiger partial charge on any atom is 0.306 e. The van der Waals surface area contributed by atoms with Crippen molar-refractivity contribution < 1.29 is 28.6 Å². The van der Waals surface area contributed by atoms with Crippen molar-refractivity contribution in [1.29, 1.82) is 0 Å². The lowest BCUT2D eigenvalue weighted by atomic mass is 10.1. The Bertz CT molecular complexity index is 1470. The van der Waals surface area contributed by atoms with E-state index in [1.165, 1.54) is 89.9 Å². The molecule has 6 heteroatoms. The average Bonchev–Trinajstić information content (AvgIpc) is 3.38. The molecule has 0 N–H and O–H groups in total. The largest absolute Gasteiger partial charge is 0.462 e. The summed E-state index contributed by atoms with van der Waals surface area (Å²) in [5.74, 6) is -0.927. The molecule has 0 saturated carbocycles. The SMILES string of the molecule is CC/C=C\C/C=C\C/C=C\C/C=C\C/C=C\C/C=C\C/C=C\CCCCCCCC(=O)OCC(COC(=O)CCCCCCC/C=C\CCCCCC)OC(=O)CCCCCCC/C=C\CCCCCCC. The van der Waals surface area contributed by atoms with E-state index in [0.717, 1.165) is 141 Å². The van der Waals surface area contributed by atoms with Crippen molar-refractivity contribution in [3.05, 3.63) is 109 Å². The molecule has 1 atom stereocenters. The zero-order valence-electron chi connectivity index (χ0n) is 46.9. The Morgan fingerprint density at radius 2 is 0.542 bits per heavy atom. The summed E-state index contributed by atoms with van der Waals surface area (Å²) in [6, 6.07) is 0. The molecule has 0 radical (unpaired) electrons. The maximum absolute atomic E-state index is 12.8. The topological polar surface area (TPSA) is 78.9 Å². The number of unbranched alkanes of at least 4 members (excludes halogenated alkanes) is 24. The molecule has 0 amide bonds. The highest BCUT2D eigenvalue weighted by molar-refractivity contribution is 5.71. The van der Waals surface area contributed by atoms with Crippen LogP contribution in [-0.2, 0) is 28.6 Å². The Labute approximate surface area is 444 Å². The fourth-order valence-electron chi connectivity index (χ4n) is 8.00. The first-order chi connectivity index (χ1) is 35.5. The predicted octanol–water partition coefficient (Wildman–Crippen LogP) is 20.3. The van der Waals surface area contributed by atoms with Crippen molar-refractivity contribution in [3.8, 4) is 0 Å². The molecule has 0 aliphatic rings. The molecule has 0 spiro atoms. The van der Waals surface area contributed by atoms with E-state index >= 15 is 0 Å². The van der Waals surface area contributed by atoms with E-state index in [9.17, 15) is 14.4 Å². The first kappa shape index (κ1) is 68.1. The van der Waals surface area contributed by atoms with Gasteiger partial charge >= 0.3 is 17.9 Å². The van der Waals surface area contributed by atoms with Gasteiger partial charge in [-0.1, -0.05) is 233 Å². The second-order valence-corrected chi connectivity index (χ2v) is 19.5. The molecule has 0 heterocycles. The van der Waals surface area contributed by atoms with E-state index in [4.69, 9.17) is 14.2 Å². The zero-order valence-corrected chi connectivity index (χ0v) is 46.9. The minimum absolute atomic E-state index is 0.0925. The average molecular weight is 1000 g/mol. The summed E-state index contributed by atoms with van der Waals surface area (Å²) >= 11 is 0. The van der Waals surface area contributed by atoms with Gasteiger partial charge in [-0.15, -0.1) is 0 Å². The number of hydrogen-bond acceptors (Lipinski definition) is 6. The van der Waals surface area contributed by atoms with Crippen molar-refractivity contribution in [2.75, 3.05) is 13.2 Å². The Morgan fingerprint density at radius 3 is 0.875 bits per heavy atom. The third-order valence-electron chi connectivity index (χ3n) is 12.5. The number of hydrogen-bond donors (Lipinski definition) is 0. The van der Waals surface area contributed by atoms with Crippen LogP contribution in [0.3, 0.4) is 0 Å². The quantitative estimate of drug-likeness (QED) is 0.0261. The smallest absolute Gasteiger partial charge is 0.306 e. The molecular formula is C66H110O6. The number of ether oxygens (including phenoxy) is 3. The molecule has 0 aromatic heterocycles. The Morgan fingerprint density at radius 1 is 0.292 bits per heavy atom. The third-order valence-corrected chi connectivity index (χ3v) is 12.5. The Kier molecular flexibility index (Phi) is 56.4. The van der Waals surface area contributed by atoms with Gasteiger partial charge in [-0.05, 0) is 128 Å². The summed E-state index contributed by atoms with van der Waals surface area (Å²) in [6.07, 6.45) is 80.8. The Balaban J connectivity index is 4.37.